The van der Waals surface area contributed by atoms with Crippen LogP contribution in [0.1, 0.15) is 37.0 Å². The third kappa shape index (κ3) is 7.32. The van der Waals surface area contributed by atoms with Gasteiger partial charge in [-0.2, -0.15) is 21.6 Å². The molecule has 0 saturated carbocycles. The first-order valence-electron chi connectivity index (χ1n) is 11.0. The molecule has 0 fully saturated rings. The van der Waals surface area contributed by atoms with E-state index in [0.29, 0.717) is 25.5 Å². The van der Waals surface area contributed by atoms with Crippen LogP contribution >= 0.6 is 0 Å². The molecule has 186 valence electrons. The number of hydrogen-bond acceptors (Lipinski definition) is 4. The Morgan fingerprint density at radius 3 is 2.17 bits per heavy atom. The van der Waals surface area contributed by atoms with Gasteiger partial charge in [0, 0.05) is 19.0 Å². The number of hydrogen-bond donors (Lipinski definition) is 0. The Morgan fingerprint density at radius 1 is 0.914 bits per heavy atom. The van der Waals surface area contributed by atoms with Gasteiger partial charge in [-0.25, -0.2) is 0 Å². The fourth-order valence-electron chi connectivity index (χ4n) is 3.45. The number of alkyl halides is 3. The molecule has 5 nitrogen and oxygen atoms in total. The standard InChI is InChI=1S/C26H26F3NO4S/c1-19(2)30(25(31)16-13-20-7-4-3-5-8-20)18-21-11-14-23(15-12-21)34-35(32,33)24-10-6-9-22(17-24)26(27,28)29/h3-12,14-15,17,19H,13,16,18H2,1-2H3. The zero-order valence-electron chi connectivity index (χ0n) is 19.3. The summed E-state index contributed by atoms with van der Waals surface area (Å²) in [7, 11) is -4.46. The van der Waals surface area contributed by atoms with Crippen molar-refractivity contribution in [3.8, 4) is 5.75 Å². The second-order valence-corrected chi connectivity index (χ2v) is 9.85. The van der Waals surface area contributed by atoms with Crippen molar-refractivity contribution in [1.29, 1.82) is 0 Å². The number of rotatable bonds is 9. The fourth-order valence-corrected chi connectivity index (χ4v) is 4.43. The molecule has 0 N–H and O–H groups in total. The predicted molar refractivity (Wildman–Crippen MR) is 126 cm³/mol. The lowest BCUT2D eigenvalue weighted by molar-refractivity contribution is -0.137. The lowest BCUT2D eigenvalue weighted by Gasteiger charge is -2.27. The van der Waals surface area contributed by atoms with Crippen LogP contribution in [0.3, 0.4) is 0 Å². The summed E-state index contributed by atoms with van der Waals surface area (Å²) in [6, 6.07) is 19.1. The van der Waals surface area contributed by atoms with Crippen LogP contribution in [-0.4, -0.2) is 25.3 Å². The van der Waals surface area contributed by atoms with Crippen molar-refractivity contribution in [3.63, 3.8) is 0 Å². The molecule has 1 amide bonds. The van der Waals surface area contributed by atoms with Crippen molar-refractivity contribution < 1.29 is 30.6 Å². The summed E-state index contributed by atoms with van der Waals surface area (Å²) in [6.07, 6.45) is -3.68. The summed E-state index contributed by atoms with van der Waals surface area (Å²) >= 11 is 0. The highest BCUT2D eigenvalue weighted by molar-refractivity contribution is 7.87. The van der Waals surface area contributed by atoms with E-state index in [0.717, 1.165) is 29.3 Å². The predicted octanol–water partition coefficient (Wildman–Crippen LogP) is 5.84. The van der Waals surface area contributed by atoms with Gasteiger partial charge in [-0.05, 0) is 61.7 Å². The summed E-state index contributed by atoms with van der Waals surface area (Å²) in [5.74, 6) is -0.0473. The Labute approximate surface area is 203 Å². The normalized spacial score (nSPS) is 11.9. The zero-order valence-corrected chi connectivity index (χ0v) is 20.1. The summed E-state index contributed by atoms with van der Waals surface area (Å²) in [4.78, 5) is 14.0. The maximum atomic E-state index is 12.9. The lowest BCUT2D eigenvalue weighted by Crippen LogP contribution is -2.36. The third-order valence-electron chi connectivity index (χ3n) is 5.35. The average Bonchev–Trinajstić information content (AvgIpc) is 2.82. The van der Waals surface area contributed by atoms with E-state index in [-0.39, 0.29) is 17.7 Å². The lowest BCUT2D eigenvalue weighted by atomic mass is 10.1. The number of carbonyl (C=O) groups excluding carboxylic acids is 1. The number of benzene rings is 3. The van der Waals surface area contributed by atoms with Crippen LogP contribution in [0, 0.1) is 0 Å². The van der Waals surface area contributed by atoms with Crippen LogP contribution in [0.15, 0.2) is 83.8 Å². The summed E-state index contributed by atoms with van der Waals surface area (Å²) in [5.41, 5.74) is 0.756. The first-order chi connectivity index (χ1) is 16.5. The molecule has 0 aliphatic rings. The highest BCUT2D eigenvalue weighted by Crippen LogP contribution is 2.31. The Morgan fingerprint density at radius 2 is 1.57 bits per heavy atom. The van der Waals surface area contributed by atoms with Gasteiger partial charge in [0.25, 0.3) is 0 Å². The average molecular weight is 506 g/mol. The SMILES string of the molecule is CC(C)N(Cc1ccc(OS(=O)(=O)c2cccc(C(F)(F)F)c2)cc1)C(=O)CCc1ccccc1. The van der Waals surface area contributed by atoms with Gasteiger partial charge < -0.3 is 9.08 Å². The number of carbonyl (C=O) groups is 1. The van der Waals surface area contributed by atoms with Gasteiger partial charge in [0.2, 0.25) is 5.91 Å². The van der Waals surface area contributed by atoms with E-state index in [2.05, 4.69) is 0 Å². The van der Waals surface area contributed by atoms with Crippen LogP contribution in [0.25, 0.3) is 0 Å². The van der Waals surface area contributed by atoms with Crippen molar-refractivity contribution in [2.24, 2.45) is 0 Å². The molecular formula is C26H26F3NO4S. The monoisotopic (exact) mass is 505 g/mol. The maximum Gasteiger partial charge on any atom is 0.416 e. The summed E-state index contributed by atoms with van der Waals surface area (Å²) < 4.78 is 68.7. The highest BCUT2D eigenvalue weighted by Gasteiger charge is 2.32. The number of amides is 1. The quantitative estimate of drug-likeness (QED) is 0.343. The molecular weight excluding hydrogens is 479 g/mol. The largest absolute Gasteiger partial charge is 0.416 e. The van der Waals surface area contributed by atoms with E-state index in [9.17, 15) is 26.4 Å². The molecule has 0 bridgehead atoms. The Hall–Kier alpha value is -3.33. The molecule has 0 aliphatic carbocycles. The molecule has 0 saturated heterocycles. The molecule has 3 aromatic rings. The number of aryl methyl sites for hydroxylation is 1. The first kappa shape index (κ1) is 26.3. The molecule has 0 aliphatic heterocycles. The minimum Gasteiger partial charge on any atom is -0.379 e. The molecule has 3 rings (SSSR count). The molecule has 9 heteroatoms. The van der Waals surface area contributed by atoms with Gasteiger partial charge in [0.1, 0.15) is 10.6 Å². The minimum atomic E-state index is -4.67. The van der Waals surface area contributed by atoms with E-state index in [1.165, 1.54) is 12.1 Å². The van der Waals surface area contributed by atoms with E-state index < -0.39 is 26.8 Å². The van der Waals surface area contributed by atoms with Crippen molar-refractivity contribution in [3.05, 3.63) is 95.6 Å². The molecule has 0 radical (unpaired) electrons. The Balaban J connectivity index is 1.66. The van der Waals surface area contributed by atoms with Gasteiger partial charge in [0.05, 0.1) is 5.56 Å². The van der Waals surface area contributed by atoms with Gasteiger partial charge in [-0.1, -0.05) is 48.5 Å². The third-order valence-corrected chi connectivity index (χ3v) is 6.59. The van der Waals surface area contributed by atoms with Crippen LogP contribution in [0.4, 0.5) is 13.2 Å². The van der Waals surface area contributed by atoms with Crippen LogP contribution in [0.2, 0.25) is 0 Å². The van der Waals surface area contributed by atoms with Crippen molar-refractivity contribution >= 4 is 16.0 Å². The van der Waals surface area contributed by atoms with Crippen molar-refractivity contribution in [1.82, 2.24) is 4.90 Å². The molecule has 0 unspecified atom stereocenters. The van der Waals surface area contributed by atoms with Crippen LogP contribution in [-0.2, 0) is 34.1 Å². The van der Waals surface area contributed by atoms with Crippen molar-refractivity contribution in [2.45, 2.75) is 50.3 Å². The van der Waals surface area contributed by atoms with Gasteiger partial charge in [-0.3, -0.25) is 4.79 Å². The van der Waals surface area contributed by atoms with Crippen molar-refractivity contribution in [2.75, 3.05) is 0 Å². The van der Waals surface area contributed by atoms with E-state index in [4.69, 9.17) is 4.18 Å². The molecule has 3 aromatic carbocycles. The molecule has 0 spiro atoms. The first-order valence-corrected chi connectivity index (χ1v) is 12.4. The molecule has 0 heterocycles. The zero-order chi connectivity index (χ0) is 25.6. The smallest absolute Gasteiger partial charge is 0.379 e. The second kappa shape index (κ2) is 10.9. The van der Waals surface area contributed by atoms with Crippen LogP contribution < -0.4 is 4.18 Å². The summed E-state index contributed by atoms with van der Waals surface area (Å²) in [6.45, 7) is 4.16. The maximum absolute atomic E-state index is 12.9. The highest BCUT2D eigenvalue weighted by atomic mass is 32.2. The number of nitrogens with zero attached hydrogens (tertiary/aromatic N) is 1. The van der Waals surface area contributed by atoms with Crippen LogP contribution in [0.5, 0.6) is 5.75 Å². The van der Waals surface area contributed by atoms with E-state index in [1.54, 1.807) is 17.0 Å². The number of halogens is 3. The molecule has 35 heavy (non-hydrogen) atoms. The Kier molecular flexibility index (Phi) is 8.22. The van der Waals surface area contributed by atoms with Gasteiger partial charge >= 0.3 is 16.3 Å². The topological polar surface area (TPSA) is 63.7 Å². The summed E-state index contributed by atoms with van der Waals surface area (Å²) in [5, 5.41) is 0. The fraction of sp³-hybridized carbons (Fsp3) is 0.269. The van der Waals surface area contributed by atoms with E-state index >= 15 is 0 Å². The second-order valence-electron chi connectivity index (χ2n) is 8.31. The van der Waals surface area contributed by atoms with Gasteiger partial charge in [-0.15, -0.1) is 0 Å². The van der Waals surface area contributed by atoms with E-state index in [1.807, 2.05) is 44.2 Å². The van der Waals surface area contributed by atoms with Gasteiger partial charge in [0.15, 0.2) is 0 Å². The molecule has 0 aromatic heterocycles. The minimum absolute atomic E-state index is 0.00342. The Bertz CT molecular complexity index is 1240. The molecule has 0 atom stereocenters.